The van der Waals surface area contributed by atoms with Crippen molar-refractivity contribution >= 4 is 39.4 Å². The monoisotopic (exact) mass is 588 g/mol. The molecule has 0 aliphatic carbocycles. The molecule has 11 nitrogen and oxygen atoms in total. The molecule has 0 bridgehead atoms. The number of thiol groups is 1. The Morgan fingerprint density at radius 2 is 2.08 bits per heavy atom. The first-order valence-corrected chi connectivity index (χ1v) is 14.6. The number of nitriles is 1. The SMILES string of the molecule is CCN(C)S(=O)(=O)Nc1ccc(F)c(Oc2ccc3ncn([C@]4(S)COC5(CCNCC5)C4)c(=O)c3c2)c1C#N. The van der Waals surface area contributed by atoms with Crippen molar-refractivity contribution in [2.75, 3.05) is 38.0 Å². The predicted molar refractivity (Wildman–Crippen MR) is 150 cm³/mol. The summed E-state index contributed by atoms with van der Waals surface area (Å²) in [4.78, 5) is 17.2. The van der Waals surface area contributed by atoms with Gasteiger partial charge in [0.1, 0.15) is 22.3 Å². The molecule has 3 aromatic rings. The average Bonchev–Trinajstić information content (AvgIpc) is 3.26. The molecule has 0 unspecified atom stereocenters. The van der Waals surface area contributed by atoms with E-state index in [1.807, 2.05) is 6.07 Å². The molecule has 0 saturated carbocycles. The summed E-state index contributed by atoms with van der Waals surface area (Å²) >= 11 is 4.86. The summed E-state index contributed by atoms with van der Waals surface area (Å²) in [5.74, 6) is -1.29. The first kappa shape index (κ1) is 28.3. The zero-order chi connectivity index (χ0) is 28.7. The molecule has 5 rings (SSSR count). The Morgan fingerprint density at radius 3 is 2.77 bits per heavy atom. The molecular weight excluding hydrogens is 559 g/mol. The average molecular weight is 589 g/mol. The van der Waals surface area contributed by atoms with E-state index in [-0.39, 0.29) is 46.7 Å². The summed E-state index contributed by atoms with van der Waals surface area (Å²) in [7, 11) is -2.62. The lowest BCUT2D eigenvalue weighted by atomic mass is 9.88. The molecule has 0 amide bonds. The summed E-state index contributed by atoms with van der Waals surface area (Å²) in [5, 5.41) is 13.3. The Morgan fingerprint density at radius 1 is 1.32 bits per heavy atom. The fourth-order valence-corrected chi connectivity index (χ4v) is 6.50. The second-order valence-electron chi connectivity index (χ2n) is 10.0. The lowest BCUT2D eigenvalue weighted by molar-refractivity contribution is -0.0198. The fourth-order valence-electron chi connectivity index (χ4n) is 5.06. The van der Waals surface area contributed by atoms with Crippen molar-refractivity contribution in [2.45, 2.75) is 36.7 Å². The predicted octanol–water partition coefficient (Wildman–Crippen LogP) is 2.93. The van der Waals surface area contributed by atoms with E-state index in [9.17, 15) is 22.9 Å². The Balaban J connectivity index is 1.49. The van der Waals surface area contributed by atoms with Gasteiger partial charge in [-0.1, -0.05) is 6.92 Å². The summed E-state index contributed by atoms with van der Waals surface area (Å²) < 4.78 is 56.6. The Kier molecular flexibility index (Phi) is 7.53. The van der Waals surface area contributed by atoms with Crippen molar-refractivity contribution in [2.24, 2.45) is 0 Å². The molecule has 40 heavy (non-hydrogen) atoms. The van der Waals surface area contributed by atoms with Crippen LogP contribution in [0.25, 0.3) is 10.9 Å². The molecule has 0 radical (unpaired) electrons. The van der Waals surface area contributed by atoms with E-state index in [4.69, 9.17) is 22.1 Å². The largest absolute Gasteiger partial charge is 0.453 e. The first-order valence-electron chi connectivity index (χ1n) is 12.7. The van der Waals surface area contributed by atoms with Gasteiger partial charge in [-0.25, -0.2) is 9.37 Å². The third-order valence-electron chi connectivity index (χ3n) is 7.44. The highest BCUT2D eigenvalue weighted by molar-refractivity contribution is 7.90. The van der Waals surface area contributed by atoms with Gasteiger partial charge in [-0.2, -0.15) is 18.0 Å². The molecular formula is C26H29FN6O5S2. The molecule has 2 aromatic carbocycles. The fraction of sp³-hybridized carbons (Fsp3) is 0.423. The number of hydrogen-bond acceptors (Lipinski definition) is 9. The molecule has 2 N–H and O–H groups in total. The number of nitrogens with one attached hydrogen (secondary N) is 2. The molecule has 1 atom stereocenters. The normalized spacial score (nSPS) is 20.6. The van der Waals surface area contributed by atoms with Crippen LogP contribution in [0.15, 0.2) is 41.5 Å². The number of nitrogens with zero attached hydrogens (tertiary/aromatic N) is 4. The van der Waals surface area contributed by atoms with E-state index in [2.05, 4.69) is 15.0 Å². The Bertz CT molecular complexity index is 1670. The molecule has 2 aliphatic heterocycles. The number of aromatic nitrogens is 2. The van der Waals surface area contributed by atoms with Crippen LogP contribution in [0.4, 0.5) is 10.1 Å². The van der Waals surface area contributed by atoms with Gasteiger partial charge in [-0.15, -0.1) is 12.6 Å². The number of rotatable bonds is 7. The molecule has 2 saturated heterocycles. The number of anilines is 1. The number of hydrogen-bond donors (Lipinski definition) is 3. The molecule has 2 aliphatic rings. The van der Waals surface area contributed by atoms with Crippen molar-refractivity contribution in [1.82, 2.24) is 19.2 Å². The van der Waals surface area contributed by atoms with Crippen molar-refractivity contribution in [3.05, 3.63) is 58.4 Å². The van der Waals surface area contributed by atoms with E-state index in [1.165, 1.54) is 30.1 Å². The van der Waals surface area contributed by atoms with Crippen molar-refractivity contribution in [1.29, 1.82) is 5.26 Å². The number of fused-ring (bicyclic) bond motifs is 1. The van der Waals surface area contributed by atoms with Gasteiger partial charge in [0.25, 0.3) is 5.56 Å². The summed E-state index contributed by atoms with van der Waals surface area (Å²) in [6.07, 6.45) is 3.64. The number of benzene rings is 2. The van der Waals surface area contributed by atoms with E-state index < -0.39 is 26.6 Å². The molecule has 1 spiro atoms. The molecule has 1 aromatic heterocycles. The zero-order valence-corrected chi connectivity index (χ0v) is 23.7. The smallest absolute Gasteiger partial charge is 0.301 e. The number of halogens is 1. The van der Waals surface area contributed by atoms with E-state index in [0.717, 1.165) is 42.4 Å². The van der Waals surface area contributed by atoms with Gasteiger partial charge in [0, 0.05) is 20.0 Å². The van der Waals surface area contributed by atoms with Crippen molar-refractivity contribution in [3.63, 3.8) is 0 Å². The molecule has 212 valence electrons. The Labute approximate surface area is 236 Å². The minimum atomic E-state index is -3.98. The van der Waals surface area contributed by atoms with Crippen molar-refractivity contribution < 1.29 is 22.3 Å². The second-order valence-corrected chi connectivity index (χ2v) is 12.6. The highest BCUT2D eigenvalue weighted by atomic mass is 32.2. The van der Waals surface area contributed by atoms with Gasteiger partial charge in [0.15, 0.2) is 11.6 Å². The third kappa shape index (κ3) is 5.15. The van der Waals surface area contributed by atoms with Crippen LogP contribution in [-0.4, -0.2) is 61.2 Å². The first-order chi connectivity index (χ1) is 19.0. The van der Waals surface area contributed by atoms with E-state index in [1.54, 1.807) is 13.0 Å². The second kappa shape index (κ2) is 10.6. The quantitative estimate of drug-likeness (QED) is 0.358. The van der Waals surface area contributed by atoms with Crippen LogP contribution >= 0.6 is 12.6 Å². The maximum atomic E-state index is 14.9. The van der Waals surface area contributed by atoms with Crippen LogP contribution in [0.5, 0.6) is 11.5 Å². The van der Waals surface area contributed by atoms with Crippen LogP contribution in [0.2, 0.25) is 0 Å². The molecule has 3 heterocycles. The van der Waals surface area contributed by atoms with Gasteiger partial charge in [-0.3, -0.25) is 14.1 Å². The maximum absolute atomic E-state index is 14.9. The lowest BCUT2D eigenvalue weighted by Crippen LogP contribution is -2.43. The van der Waals surface area contributed by atoms with Gasteiger partial charge in [0.2, 0.25) is 0 Å². The van der Waals surface area contributed by atoms with Crippen LogP contribution in [0, 0.1) is 17.1 Å². The topological polar surface area (TPSA) is 139 Å². The highest BCUT2D eigenvalue weighted by Gasteiger charge is 2.49. The van der Waals surface area contributed by atoms with Crippen LogP contribution in [0.1, 0.15) is 31.7 Å². The minimum absolute atomic E-state index is 0.0657. The van der Waals surface area contributed by atoms with Gasteiger partial charge >= 0.3 is 10.2 Å². The van der Waals surface area contributed by atoms with Crippen LogP contribution in [-0.2, 0) is 19.8 Å². The van der Waals surface area contributed by atoms with Gasteiger partial charge < -0.3 is 14.8 Å². The molecule has 14 heteroatoms. The van der Waals surface area contributed by atoms with E-state index in [0.29, 0.717) is 11.9 Å². The summed E-state index contributed by atoms with van der Waals surface area (Å²) in [6, 6.07) is 8.41. The van der Waals surface area contributed by atoms with Crippen molar-refractivity contribution in [3.8, 4) is 17.6 Å². The summed E-state index contributed by atoms with van der Waals surface area (Å²) in [5.41, 5.74) is -0.817. The molecule has 2 fully saturated rings. The van der Waals surface area contributed by atoms with E-state index >= 15 is 0 Å². The van der Waals surface area contributed by atoms with Gasteiger partial charge in [0.05, 0.1) is 35.1 Å². The highest BCUT2D eigenvalue weighted by Crippen LogP contribution is 2.45. The minimum Gasteiger partial charge on any atom is -0.453 e. The van der Waals surface area contributed by atoms with Crippen LogP contribution in [0.3, 0.4) is 0 Å². The summed E-state index contributed by atoms with van der Waals surface area (Å²) in [6.45, 7) is 3.73. The number of ether oxygens (including phenoxy) is 2. The van der Waals surface area contributed by atoms with Gasteiger partial charge in [-0.05, 0) is 56.3 Å². The van der Waals surface area contributed by atoms with Crippen LogP contribution < -0.4 is 20.3 Å². The zero-order valence-electron chi connectivity index (χ0n) is 22.0. The maximum Gasteiger partial charge on any atom is 0.301 e. The lowest BCUT2D eigenvalue weighted by Gasteiger charge is -2.34. The number of piperidine rings is 1. The standard InChI is InChI=1S/C26H29FN6O5S2/c1-3-32(2)40(35,36)31-22-7-5-20(27)23(19(22)13-28)38-17-4-6-21-18(12-17)24(34)33(16-30-21)26(39)14-25(37-15-26)8-10-29-11-9-25/h4-7,12,16,29,31,39H,3,8-11,14-15H2,1-2H3/t26-/m1/s1. The third-order valence-corrected chi connectivity index (χ3v) is 9.50. The Hall–Kier alpha value is -3.22.